The molecule has 0 saturated heterocycles. The van der Waals surface area contributed by atoms with Crippen LogP contribution < -0.4 is 9.47 Å². The number of fused-ring (bicyclic) bond motifs is 1. The Morgan fingerprint density at radius 2 is 1.79 bits per heavy atom. The molecule has 0 aliphatic carbocycles. The molecule has 0 aliphatic heterocycles. The monoisotopic (exact) mass is 549 g/mol. The number of rotatable bonds is 9. The lowest BCUT2D eigenvalue weighted by Crippen LogP contribution is -2.50. The van der Waals surface area contributed by atoms with Gasteiger partial charge < -0.3 is 19.5 Å². The lowest BCUT2D eigenvalue weighted by atomic mass is 9.74. The molecule has 2 aromatic carbocycles. The summed E-state index contributed by atoms with van der Waals surface area (Å²) in [6.07, 6.45) is -6.08. The van der Waals surface area contributed by atoms with Crippen molar-refractivity contribution in [2.75, 3.05) is 20.2 Å². The molecular formula is C28H31F4N3O4. The summed E-state index contributed by atoms with van der Waals surface area (Å²) in [4.78, 5) is 22.0. The van der Waals surface area contributed by atoms with Gasteiger partial charge in [0.2, 0.25) is 5.88 Å². The number of pyridine rings is 1. The van der Waals surface area contributed by atoms with E-state index >= 15 is 0 Å². The van der Waals surface area contributed by atoms with Gasteiger partial charge in [0.25, 0.3) is 0 Å². The highest BCUT2D eigenvalue weighted by Gasteiger charge is 2.55. The fraction of sp³-hybridized carbons (Fsp3) is 0.393. The maximum absolute atomic E-state index is 14.2. The zero-order chi connectivity index (χ0) is 29.0. The third-order valence-electron chi connectivity index (χ3n) is 6.41. The van der Waals surface area contributed by atoms with E-state index < -0.39 is 35.5 Å². The number of carbonyl (C=O) groups excluding carboxylic acids is 1. The predicted octanol–water partition coefficient (Wildman–Crippen LogP) is 6.59. The Balaban J connectivity index is 1.96. The molecule has 3 aromatic rings. The highest BCUT2D eigenvalue weighted by Crippen LogP contribution is 2.43. The summed E-state index contributed by atoms with van der Waals surface area (Å²) < 4.78 is 67.1. The quantitative estimate of drug-likeness (QED) is 0.241. The molecule has 1 N–H and O–H groups in total. The summed E-state index contributed by atoms with van der Waals surface area (Å²) in [5.74, 6) is -0.424. The van der Waals surface area contributed by atoms with Crippen LogP contribution in [-0.4, -0.2) is 59.3 Å². The van der Waals surface area contributed by atoms with E-state index in [-0.39, 0.29) is 22.9 Å². The molecule has 1 aromatic heterocycles. The number of aliphatic hydroxyl groups is 1. The molecule has 1 atom stereocenters. The van der Waals surface area contributed by atoms with Crippen molar-refractivity contribution >= 4 is 28.9 Å². The average Bonchev–Trinajstić information content (AvgIpc) is 2.87. The molecule has 0 radical (unpaired) electrons. The average molecular weight is 550 g/mol. The van der Waals surface area contributed by atoms with Crippen LogP contribution in [0.4, 0.5) is 28.0 Å². The van der Waals surface area contributed by atoms with Crippen LogP contribution in [0.15, 0.2) is 53.5 Å². The van der Waals surface area contributed by atoms with Gasteiger partial charge in [0.05, 0.1) is 18.3 Å². The second-order valence-corrected chi connectivity index (χ2v) is 9.62. The molecule has 3 rings (SSSR count). The van der Waals surface area contributed by atoms with E-state index in [1.165, 1.54) is 56.2 Å². The van der Waals surface area contributed by atoms with Gasteiger partial charge in [0.15, 0.2) is 5.60 Å². The Kier molecular flexibility index (Phi) is 8.84. The molecule has 0 aliphatic rings. The molecule has 0 fully saturated rings. The molecule has 7 nitrogen and oxygen atoms in total. The van der Waals surface area contributed by atoms with Crippen molar-refractivity contribution in [3.8, 4) is 11.6 Å². The van der Waals surface area contributed by atoms with Crippen LogP contribution in [0.1, 0.15) is 39.7 Å². The summed E-state index contributed by atoms with van der Waals surface area (Å²) >= 11 is 0. The molecule has 0 bridgehead atoms. The normalized spacial score (nSPS) is 13.9. The fourth-order valence-electron chi connectivity index (χ4n) is 4.30. The van der Waals surface area contributed by atoms with Gasteiger partial charge in [0.1, 0.15) is 11.6 Å². The zero-order valence-corrected chi connectivity index (χ0v) is 22.3. The van der Waals surface area contributed by atoms with Gasteiger partial charge in [-0.2, -0.15) is 13.2 Å². The van der Waals surface area contributed by atoms with Crippen molar-refractivity contribution in [1.29, 1.82) is 0 Å². The van der Waals surface area contributed by atoms with E-state index in [4.69, 9.17) is 9.47 Å². The molecule has 0 spiro atoms. The highest BCUT2D eigenvalue weighted by atomic mass is 19.4. The maximum Gasteiger partial charge on any atom is 0.422 e. The van der Waals surface area contributed by atoms with E-state index in [0.29, 0.717) is 30.2 Å². The smallest absolute Gasteiger partial charge is 0.422 e. The summed E-state index contributed by atoms with van der Waals surface area (Å²) in [5, 5.41) is 11.2. The van der Waals surface area contributed by atoms with Gasteiger partial charge in [0, 0.05) is 36.3 Å². The van der Waals surface area contributed by atoms with Gasteiger partial charge >= 0.3 is 12.3 Å². The number of hydrogen-bond acceptors (Lipinski definition) is 6. The molecule has 0 saturated carbocycles. The second-order valence-electron chi connectivity index (χ2n) is 9.62. The summed E-state index contributed by atoms with van der Waals surface area (Å²) in [6, 6.07) is 11.1. The Hall–Kier alpha value is -3.73. The number of halogens is 4. The lowest BCUT2D eigenvalue weighted by Gasteiger charge is -2.36. The number of benzene rings is 2. The highest BCUT2D eigenvalue weighted by molar-refractivity contribution is 5.92. The fourth-order valence-corrected chi connectivity index (χ4v) is 4.30. The molecule has 210 valence electrons. The molecule has 1 heterocycles. The Labute approximate surface area is 224 Å². The van der Waals surface area contributed by atoms with E-state index in [1.807, 2.05) is 0 Å². The predicted molar refractivity (Wildman–Crippen MR) is 140 cm³/mol. The van der Waals surface area contributed by atoms with Crippen molar-refractivity contribution in [2.45, 2.75) is 51.3 Å². The van der Waals surface area contributed by atoms with E-state index in [2.05, 4.69) is 9.98 Å². The number of carbonyl (C=O) groups is 1. The first-order valence-corrected chi connectivity index (χ1v) is 12.3. The molecule has 39 heavy (non-hydrogen) atoms. The maximum atomic E-state index is 14.2. The number of nitrogens with zero attached hydrogens (tertiary/aromatic N) is 3. The van der Waals surface area contributed by atoms with Gasteiger partial charge in [-0.05, 0) is 62.1 Å². The Morgan fingerprint density at radius 1 is 1.10 bits per heavy atom. The number of aliphatic imine (C=N–C) groups is 1. The van der Waals surface area contributed by atoms with E-state index in [1.54, 1.807) is 19.9 Å². The van der Waals surface area contributed by atoms with Gasteiger partial charge in [-0.15, -0.1) is 0 Å². The Bertz CT molecular complexity index is 1360. The number of methoxy groups -OCH3 is 1. The van der Waals surface area contributed by atoms with Crippen molar-refractivity contribution in [3.63, 3.8) is 0 Å². The number of aromatic nitrogens is 1. The van der Waals surface area contributed by atoms with E-state index in [0.717, 1.165) is 12.1 Å². The van der Waals surface area contributed by atoms with Crippen LogP contribution in [0.5, 0.6) is 11.6 Å². The first-order valence-electron chi connectivity index (χ1n) is 12.3. The minimum absolute atomic E-state index is 0.0260. The van der Waals surface area contributed by atoms with Gasteiger partial charge in [-0.3, -0.25) is 4.99 Å². The van der Waals surface area contributed by atoms with Crippen LogP contribution in [0.3, 0.4) is 0 Å². The zero-order valence-electron chi connectivity index (χ0n) is 22.3. The number of amides is 1. The standard InChI is InChI=1S/C28H31F4N3O4/c1-6-35(7-2)25(36)39-24-14-12-19-21(9-8-10-22(19)34-24)33-17-27(37,28(30,31)32)16-26(3,4)20-15-18(29)11-13-23(20)38-5/h8-15,17,37H,6-7,16H2,1-5H3. The number of hydrogen-bond donors (Lipinski definition) is 1. The second kappa shape index (κ2) is 11.6. The van der Waals surface area contributed by atoms with Crippen LogP contribution >= 0.6 is 0 Å². The summed E-state index contributed by atoms with van der Waals surface area (Å²) in [7, 11) is 1.33. The number of alkyl halides is 3. The van der Waals surface area contributed by atoms with Gasteiger partial charge in [-0.25, -0.2) is 14.2 Å². The van der Waals surface area contributed by atoms with Crippen molar-refractivity contribution in [2.24, 2.45) is 4.99 Å². The largest absolute Gasteiger partial charge is 0.496 e. The SMILES string of the molecule is CCN(CC)C(=O)Oc1ccc2c(N=CC(O)(CC(C)(C)c3cc(F)ccc3OC)C(F)(F)F)cccc2n1. The van der Waals surface area contributed by atoms with Gasteiger partial charge in [-0.1, -0.05) is 19.9 Å². The molecular weight excluding hydrogens is 518 g/mol. The van der Waals surface area contributed by atoms with E-state index in [9.17, 15) is 27.5 Å². The summed E-state index contributed by atoms with van der Waals surface area (Å²) in [5.41, 5.74) is -4.11. The Morgan fingerprint density at radius 3 is 2.41 bits per heavy atom. The van der Waals surface area contributed by atoms with Crippen LogP contribution in [0.2, 0.25) is 0 Å². The third kappa shape index (κ3) is 6.65. The molecule has 11 heteroatoms. The van der Waals surface area contributed by atoms with Crippen molar-refractivity contribution < 1.29 is 36.9 Å². The summed E-state index contributed by atoms with van der Waals surface area (Å²) in [6.45, 7) is 7.43. The number of ether oxygens (including phenoxy) is 2. The molecule has 1 amide bonds. The lowest BCUT2D eigenvalue weighted by molar-refractivity contribution is -0.234. The molecule has 1 unspecified atom stereocenters. The van der Waals surface area contributed by atoms with Crippen molar-refractivity contribution in [1.82, 2.24) is 9.88 Å². The minimum Gasteiger partial charge on any atom is -0.496 e. The third-order valence-corrected chi connectivity index (χ3v) is 6.41. The van der Waals surface area contributed by atoms with Crippen molar-refractivity contribution in [3.05, 3.63) is 59.9 Å². The first-order chi connectivity index (χ1) is 18.2. The van der Waals surface area contributed by atoms with Crippen LogP contribution in [0.25, 0.3) is 10.9 Å². The van der Waals surface area contributed by atoms with Crippen LogP contribution in [0, 0.1) is 5.82 Å². The minimum atomic E-state index is -5.09. The van der Waals surface area contributed by atoms with Crippen LogP contribution in [-0.2, 0) is 5.41 Å². The topological polar surface area (TPSA) is 84.3 Å². The first kappa shape index (κ1) is 29.8.